The third-order valence-corrected chi connectivity index (χ3v) is 5.12. The number of rotatable bonds is 5. The Morgan fingerprint density at radius 2 is 2.19 bits per heavy atom. The summed E-state index contributed by atoms with van der Waals surface area (Å²) in [5.74, 6) is 0.682. The van der Waals surface area contributed by atoms with E-state index in [1.165, 1.54) is 6.39 Å². The Morgan fingerprint density at radius 3 is 2.92 bits per heavy atom. The zero-order valence-electron chi connectivity index (χ0n) is 14.2. The second-order valence-corrected chi connectivity index (χ2v) is 7.08. The highest BCUT2D eigenvalue weighted by Crippen LogP contribution is 2.23. The molecule has 0 bridgehead atoms. The maximum Gasteiger partial charge on any atom is 0.228 e. The highest BCUT2D eigenvalue weighted by atomic mass is 32.1. The molecular formula is C18H19N5O2S. The van der Waals surface area contributed by atoms with Gasteiger partial charge in [-0.1, -0.05) is 17.3 Å². The molecule has 0 saturated carbocycles. The number of hydrogen-bond donors (Lipinski definition) is 1. The van der Waals surface area contributed by atoms with Gasteiger partial charge in [0.15, 0.2) is 5.82 Å². The van der Waals surface area contributed by atoms with Gasteiger partial charge < -0.3 is 9.84 Å². The molecule has 1 aliphatic heterocycles. The van der Waals surface area contributed by atoms with Crippen molar-refractivity contribution < 1.29 is 9.32 Å². The fourth-order valence-corrected chi connectivity index (χ4v) is 3.76. The fourth-order valence-electron chi connectivity index (χ4n) is 3.20. The van der Waals surface area contributed by atoms with E-state index >= 15 is 0 Å². The molecule has 1 atom stereocenters. The van der Waals surface area contributed by atoms with E-state index in [-0.39, 0.29) is 11.8 Å². The lowest BCUT2D eigenvalue weighted by Crippen LogP contribution is -2.40. The second-order valence-electron chi connectivity index (χ2n) is 6.36. The van der Waals surface area contributed by atoms with Crippen molar-refractivity contribution in [3.63, 3.8) is 0 Å². The van der Waals surface area contributed by atoms with Crippen LogP contribution in [0, 0.1) is 5.92 Å². The van der Waals surface area contributed by atoms with Crippen molar-refractivity contribution in [2.75, 3.05) is 18.4 Å². The van der Waals surface area contributed by atoms with E-state index in [1.54, 1.807) is 11.3 Å². The third kappa shape index (κ3) is 3.97. The maximum absolute atomic E-state index is 12.6. The van der Waals surface area contributed by atoms with Gasteiger partial charge in [0.2, 0.25) is 12.3 Å². The van der Waals surface area contributed by atoms with Gasteiger partial charge in [0.1, 0.15) is 0 Å². The molecular weight excluding hydrogens is 350 g/mol. The van der Waals surface area contributed by atoms with Crippen molar-refractivity contribution in [2.45, 2.75) is 19.4 Å². The van der Waals surface area contributed by atoms with Gasteiger partial charge in [0.05, 0.1) is 23.7 Å². The molecule has 1 amide bonds. The molecule has 0 unspecified atom stereocenters. The number of carbonyl (C=O) groups is 1. The first-order valence-corrected chi connectivity index (χ1v) is 9.49. The van der Waals surface area contributed by atoms with Crippen LogP contribution in [0.3, 0.4) is 0 Å². The number of anilines is 1. The van der Waals surface area contributed by atoms with Gasteiger partial charge in [-0.05, 0) is 31.5 Å². The number of nitrogens with zero attached hydrogens (tertiary/aromatic N) is 4. The largest absolute Gasteiger partial charge is 0.343 e. The van der Waals surface area contributed by atoms with Crippen LogP contribution in [-0.4, -0.2) is 39.0 Å². The van der Waals surface area contributed by atoms with Gasteiger partial charge in [-0.15, -0.1) is 11.3 Å². The molecule has 3 heterocycles. The van der Waals surface area contributed by atoms with Crippen molar-refractivity contribution in [1.82, 2.24) is 20.0 Å². The minimum atomic E-state index is -0.0335. The monoisotopic (exact) mass is 369 g/mol. The lowest BCUT2D eigenvalue weighted by atomic mass is 9.97. The summed E-state index contributed by atoms with van der Waals surface area (Å²) in [4.78, 5) is 23.2. The lowest BCUT2D eigenvalue weighted by Gasteiger charge is -2.31. The number of aromatic nitrogens is 3. The van der Waals surface area contributed by atoms with E-state index in [4.69, 9.17) is 4.52 Å². The Kier molecular flexibility index (Phi) is 5.03. The molecule has 4 rings (SSSR count). The molecule has 0 radical (unpaired) electrons. The summed E-state index contributed by atoms with van der Waals surface area (Å²) in [5.41, 5.74) is 4.63. The zero-order valence-corrected chi connectivity index (χ0v) is 15.0. The SMILES string of the molecule is O=C(Nc1ccc(-c2cscn2)cc1)[C@@H]1CCCN(Cc2ncon2)C1. The summed E-state index contributed by atoms with van der Waals surface area (Å²) in [6.07, 6.45) is 3.21. The smallest absolute Gasteiger partial charge is 0.228 e. The van der Waals surface area contributed by atoms with Crippen LogP contribution in [0.4, 0.5) is 5.69 Å². The quantitative estimate of drug-likeness (QED) is 0.744. The van der Waals surface area contributed by atoms with Gasteiger partial charge in [-0.25, -0.2) is 4.98 Å². The van der Waals surface area contributed by atoms with E-state index in [1.807, 2.05) is 35.2 Å². The summed E-state index contributed by atoms with van der Waals surface area (Å²) in [5, 5.41) is 8.88. The highest BCUT2D eigenvalue weighted by Gasteiger charge is 2.26. The van der Waals surface area contributed by atoms with Crippen molar-refractivity contribution in [2.24, 2.45) is 5.92 Å². The molecule has 1 saturated heterocycles. The molecule has 1 aromatic carbocycles. The number of hydrogen-bond acceptors (Lipinski definition) is 7. The zero-order chi connectivity index (χ0) is 17.8. The second kappa shape index (κ2) is 7.76. The van der Waals surface area contributed by atoms with Crippen molar-refractivity contribution >= 4 is 22.9 Å². The van der Waals surface area contributed by atoms with E-state index in [0.29, 0.717) is 18.9 Å². The Hall–Kier alpha value is -2.58. The average Bonchev–Trinajstić information content (AvgIpc) is 3.36. The molecule has 0 spiro atoms. The summed E-state index contributed by atoms with van der Waals surface area (Å²) in [7, 11) is 0. The topological polar surface area (TPSA) is 84.2 Å². The summed E-state index contributed by atoms with van der Waals surface area (Å²) in [6.45, 7) is 2.26. The summed E-state index contributed by atoms with van der Waals surface area (Å²) < 4.78 is 4.77. The molecule has 134 valence electrons. The first-order chi connectivity index (χ1) is 12.8. The van der Waals surface area contributed by atoms with E-state index in [9.17, 15) is 4.79 Å². The predicted molar refractivity (Wildman–Crippen MR) is 98.5 cm³/mol. The van der Waals surface area contributed by atoms with Gasteiger partial charge in [0, 0.05) is 23.2 Å². The van der Waals surface area contributed by atoms with Gasteiger partial charge in [-0.2, -0.15) is 4.98 Å². The van der Waals surface area contributed by atoms with Crippen LogP contribution < -0.4 is 5.32 Å². The van der Waals surface area contributed by atoms with E-state index < -0.39 is 0 Å². The normalized spacial score (nSPS) is 17.9. The summed E-state index contributed by atoms with van der Waals surface area (Å²) >= 11 is 1.57. The summed E-state index contributed by atoms with van der Waals surface area (Å²) in [6, 6.07) is 7.81. The van der Waals surface area contributed by atoms with Crippen LogP contribution in [-0.2, 0) is 11.3 Å². The first kappa shape index (κ1) is 16.9. The van der Waals surface area contributed by atoms with Crippen LogP contribution in [0.15, 0.2) is 46.1 Å². The standard InChI is InChI=1S/C18H19N5O2S/c24-18(14-2-1-7-23(8-14)9-17-19-11-25-22-17)21-15-5-3-13(4-6-15)16-10-26-12-20-16/h3-6,10-12,14H,1-2,7-9H2,(H,21,24)/t14-/m1/s1. The van der Waals surface area contributed by atoms with Crippen LogP contribution in [0.1, 0.15) is 18.7 Å². The highest BCUT2D eigenvalue weighted by molar-refractivity contribution is 7.07. The fraction of sp³-hybridized carbons (Fsp3) is 0.333. The Balaban J connectivity index is 1.35. The molecule has 7 nitrogen and oxygen atoms in total. The lowest BCUT2D eigenvalue weighted by molar-refractivity contribution is -0.121. The van der Waals surface area contributed by atoms with Crippen molar-refractivity contribution in [3.05, 3.63) is 47.4 Å². The third-order valence-electron chi connectivity index (χ3n) is 4.53. The predicted octanol–water partition coefficient (Wildman–Crippen LogP) is 3.04. The molecule has 1 N–H and O–H groups in total. The van der Waals surface area contributed by atoms with Crippen LogP contribution in [0.25, 0.3) is 11.3 Å². The van der Waals surface area contributed by atoms with Gasteiger partial charge >= 0.3 is 0 Å². The van der Waals surface area contributed by atoms with Crippen LogP contribution in [0.5, 0.6) is 0 Å². The Morgan fingerprint density at radius 1 is 1.31 bits per heavy atom. The molecule has 8 heteroatoms. The molecule has 2 aromatic heterocycles. The van der Waals surface area contributed by atoms with Crippen molar-refractivity contribution in [3.8, 4) is 11.3 Å². The molecule has 1 aliphatic rings. The number of benzene rings is 1. The van der Waals surface area contributed by atoms with E-state index in [0.717, 1.165) is 36.3 Å². The number of likely N-dealkylation sites (tertiary alicyclic amines) is 1. The number of piperidine rings is 1. The maximum atomic E-state index is 12.6. The number of thiazole rings is 1. The number of amides is 1. The number of nitrogens with one attached hydrogen (secondary N) is 1. The van der Waals surface area contributed by atoms with Crippen LogP contribution >= 0.6 is 11.3 Å². The Labute approximate surface area is 155 Å². The molecule has 1 fully saturated rings. The number of carbonyl (C=O) groups excluding carboxylic acids is 1. The first-order valence-electron chi connectivity index (χ1n) is 8.55. The minimum absolute atomic E-state index is 0.0335. The average molecular weight is 369 g/mol. The molecule has 26 heavy (non-hydrogen) atoms. The molecule has 0 aliphatic carbocycles. The Bertz CT molecular complexity index is 833. The van der Waals surface area contributed by atoms with Crippen molar-refractivity contribution in [1.29, 1.82) is 0 Å². The van der Waals surface area contributed by atoms with E-state index in [2.05, 4.69) is 25.3 Å². The van der Waals surface area contributed by atoms with Crippen LogP contribution in [0.2, 0.25) is 0 Å². The molecule has 3 aromatic rings. The van der Waals surface area contributed by atoms with Gasteiger partial charge in [0.25, 0.3) is 0 Å². The van der Waals surface area contributed by atoms with Gasteiger partial charge in [-0.3, -0.25) is 9.69 Å². The minimum Gasteiger partial charge on any atom is -0.343 e.